The molecule has 1 N–H and O–H groups in total. The Labute approximate surface area is 236 Å². The van der Waals surface area contributed by atoms with Crippen molar-refractivity contribution in [2.75, 3.05) is 31.5 Å². The maximum absolute atomic E-state index is 12.9. The number of hydrogen-bond acceptors (Lipinski definition) is 8. The van der Waals surface area contributed by atoms with Crippen molar-refractivity contribution in [1.29, 1.82) is 0 Å². The van der Waals surface area contributed by atoms with Crippen molar-refractivity contribution in [1.82, 2.24) is 14.8 Å². The predicted molar refractivity (Wildman–Crippen MR) is 154 cm³/mol. The first-order chi connectivity index (χ1) is 19.6. The summed E-state index contributed by atoms with van der Waals surface area (Å²) in [6, 6.07) is 18.5. The number of nitrogens with zero attached hydrogens (tertiary/aromatic N) is 4. The minimum atomic E-state index is -0.540. The van der Waals surface area contributed by atoms with E-state index in [1.807, 2.05) is 45.0 Å². The van der Waals surface area contributed by atoms with Crippen LogP contribution in [-0.4, -0.2) is 63.5 Å². The van der Waals surface area contributed by atoms with Gasteiger partial charge in [0.1, 0.15) is 11.1 Å². The average molecular weight is 558 g/mol. The van der Waals surface area contributed by atoms with Crippen LogP contribution in [0.1, 0.15) is 36.7 Å². The maximum atomic E-state index is 12.9. The van der Waals surface area contributed by atoms with Crippen molar-refractivity contribution >= 4 is 34.5 Å². The Morgan fingerprint density at radius 1 is 1.02 bits per heavy atom. The van der Waals surface area contributed by atoms with Gasteiger partial charge in [0, 0.05) is 50.4 Å². The normalized spacial score (nSPS) is 14.2. The summed E-state index contributed by atoms with van der Waals surface area (Å²) < 4.78 is 11.6. The van der Waals surface area contributed by atoms with E-state index in [-0.39, 0.29) is 17.3 Å². The zero-order valence-electron chi connectivity index (χ0n) is 23.1. The van der Waals surface area contributed by atoms with Crippen LogP contribution in [0.15, 0.2) is 71.1 Å². The summed E-state index contributed by atoms with van der Waals surface area (Å²) in [4.78, 5) is 44.4. The second-order valence-electron chi connectivity index (χ2n) is 10.9. The molecule has 3 aromatic carbocycles. The fourth-order valence-electron chi connectivity index (χ4n) is 4.59. The van der Waals surface area contributed by atoms with Gasteiger partial charge in [-0.2, -0.15) is 0 Å². The molecule has 0 saturated carbocycles. The van der Waals surface area contributed by atoms with Crippen molar-refractivity contribution < 1.29 is 23.7 Å². The first kappa shape index (κ1) is 27.8. The average Bonchev–Trinajstić information content (AvgIpc) is 3.36. The lowest BCUT2D eigenvalue weighted by Crippen LogP contribution is -2.49. The fraction of sp³-hybridized carbons (Fsp3) is 0.300. The molecule has 2 amide bonds. The molecular weight excluding hydrogens is 526 g/mol. The number of non-ortho nitro benzene ring substituents is 1. The number of benzene rings is 3. The van der Waals surface area contributed by atoms with Gasteiger partial charge in [-0.1, -0.05) is 24.3 Å². The van der Waals surface area contributed by atoms with Crippen LogP contribution in [0.2, 0.25) is 0 Å². The first-order valence-corrected chi connectivity index (χ1v) is 13.3. The number of hydrogen-bond donors (Lipinski definition) is 1. The molecule has 11 nitrogen and oxygen atoms in total. The van der Waals surface area contributed by atoms with Crippen LogP contribution in [0.4, 0.5) is 16.2 Å². The van der Waals surface area contributed by atoms with Gasteiger partial charge in [-0.25, -0.2) is 9.78 Å². The number of rotatable bonds is 6. The Bertz CT molecular complexity index is 1600. The van der Waals surface area contributed by atoms with E-state index >= 15 is 0 Å². The van der Waals surface area contributed by atoms with Crippen molar-refractivity contribution in [3.63, 3.8) is 0 Å². The highest BCUT2D eigenvalue weighted by Gasteiger charge is 2.26. The molecule has 0 radical (unpaired) electrons. The van der Waals surface area contributed by atoms with E-state index in [1.54, 1.807) is 23.1 Å². The van der Waals surface area contributed by atoms with E-state index in [4.69, 9.17) is 9.15 Å². The zero-order chi connectivity index (χ0) is 29.1. The zero-order valence-corrected chi connectivity index (χ0v) is 23.1. The number of piperazine rings is 1. The van der Waals surface area contributed by atoms with Crippen LogP contribution in [0.3, 0.4) is 0 Å². The van der Waals surface area contributed by atoms with Crippen LogP contribution in [0, 0.1) is 10.1 Å². The van der Waals surface area contributed by atoms with Crippen LogP contribution in [-0.2, 0) is 11.3 Å². The number of fused-ring (bicyclic) bond motifs is 1. The Morgan fingerprint density at radius 3 is 2.51 bits per heavy atom. The molecule has 2 heterocycles. The number of nitro groups is 1. The molecule has 4 aromatic rings. The van der Waals surface area contributed by atoms with Crippen LogP contribution < -0.4 is 5.32 Å². The third-order valence-electron chi connectivity index (χ3n) is 6.61. The molecule has 11 heteroatoms. The Hall–Kier alpha value is -4.77. The predicted octanol–water partition coefficient (Wildman–Crippen LogP) is 5.71. The monoisotopic (exact) mass is 557 g/mol. The quantitative estimate of drug-likeness (QED) is 0.236. The molecule has 5 rings (SSSR count). The van der Waals surface area contributed by atoms with Crippen LogP contribution in [0.5, 0.6) is 0 Å². The third kappa shape index (κ3) is 6.69. The van der Waals surface area contributed by atoms with Crippen molar-refractivity contribution in [2.24, 2.45) is 0 Å². The highest BCUT2D eigenvalue weighted by molar-refractivity contribution is 6.06. The van der Waals surface area contributed by atoms with E-state index in [1.165, 1.54) is 24.3 Å². The maximum Gasteiger partial charge on any atom is 0.410 e. The largest absolute Gasteiger partial charge is 0.444 e. The van der Waals surface area contributed by atoms with Gasteiger partial charge < -0.3 is 19.4 Å². The number of amides is 2. The number of oxazole rings is 1. The highest BCUT2D eigenvalue weighted by Crippen LogP contribution is 2.31. The molecule has 0 unspecified atom stereocenters. The number of anilines is 1. The third-order valence-corrected chi connectivity index (χ3v) is 6.61. The number of carbonyl (C=O) groups excluding carboxylic acids is 2. The molecule has 1 aliphatic rings. The van der Waals surface area contributed by atoms with Gasteiger partial charge in [-0.15, -0.1) is 0 Å². The van der Waals surface area contributed by atoms with Crippen molar-refractivity contribution in [2.45, 2.75) is 32.9 Å². The molecular formula is C30H31N5O6. The Morgan fingerprint density at radius 2 is 1.78 bits per heavy atom. The minimum Gasteiger partial charge on any atom is -0.444 e. The molecule has 0 aliphatic carbocycles. The van der Waals surface area contributed by atoms with Gasteiger partial charge in [-0.05, 0) is 56.7 Å². The molecule has 41 heavy (non-hydrogen) atoms. The lowest BCUT2D eigenvalue weighted by Gasteiger charge is -2.35. The number of nitrogens with one attached hydrogen (secondary N) is 1. The van der Waals surface area contributed by atoms with E-state index < -0.39 is 16.4 Å². The number of aromatic nitrogens is 1. The summed E-state index contributed by atoms with van der Waals surface area (Å²) in [6.07, 6.45) is -0.283. The molecule has 1 saturated heterocycles. The molecule has 0 bridgehead atoms. The lowest BCUT2D eigenvalue weighted by atomic mass is 10.1. The topological polar surface area (TPSA) is 131 Å². The molecule has 0 spiro atoms. The molecule has 1 aliphatic heterocycles. The van der Waals surface area contributed by atoms with Crippen molar-refractivity contribution in [3.8, 4) is 11.5 Å². The van der Waals surface area contributed by atoms with Crippen molar-refractivity contribution in [3.05, 3.63) is 88.0 Å². The molecule has 1 fully saturated rings. The van der Waals surface area contributed by atoms with Crippen LogP contribution in [0.25, 0.3) is 22.6 Å². The molecule has 0 atom stereocenters. The summed E-state index contributed by atoms with van der Waals surface area (Å²) in [5.41, 5.74) is 2.90. The van der Waals surface area contributed by atoms with E-state index in [9.17, 15) is 19.7 Å². The SMILES string of the molecule is CC(C)(C)OC(=O)N1CCN(Cc2ccc3nc(-c4ccccc4NC(=O)c4cccc([N+](=O)[O-])c4)oc3c2)CC1. The smallest absolute Gasteiger partial charge is 0.410 e. The second kappa shape index (κ2) is 11.4. The fourth-order valence-corrected chi connectivity index (χ4v) is 4.59. The second-order valence-corrected chi connectivity index (χ2v) is 10.9. The van der Waals surface area contributed by atoms with E-state index in [2.05, 4.69) is 15.2 Å². The number of ether oxygens (including phenoxy) is 1. The van der Waals surface area contributed by atoms with Gasteiger partial charge in [-0.3, -0.25) is 19.8 Å². The van der Waals surface area contributed by atoms with Crippen LogP contribution >= 0.6 is 0 Å². The molecule has 212 valence electrons. The lowest BCUT2D eigenvalue weighted by molar-refractivity contribution is -0.384. The Kier molecular flexibility index (Phi) is 7.71. The summed E-state index contributed by atoms with van der Waals surface area (Å²) in [6.45, 7) is 8.95. The van der Waals surface area contributed by atoms with Gasteiger partial charge in [0.15, 0.2) is 5.58 Å². The number of para-hydroxylation sites is 1. The highest BCUT2D eigenvalue weighted by atomic mass is 16.6. The summed E-state index contributed by atoms with van der Waals surface area (Å²) in [7, 11) is 0. The number of carbonyl (C=O) groups is 2. The summed E-state index contributed by atoms with van der Waals surface area (Å²) >= 11 is 0. The summed E-state index contributed by atoms with van der Waals surface area (Å²) in [5.74, 6) is -0.135. The molecule has 1 aromatic heterocycles. The minimum absolute atomic E-state index is 0.161. The Balaban J connectivity index is 1.28. The first-order valence-electron chi connectivity index (χ1n) is 13.3. The standard InChI is InChI=1S/C30H31N5O6/c1-30(2,3)41-29(37)34-15-13-33(14-16-34)19-20-11-12-25-26(17-20)40-28(32-25)23-9-4-5-10-24(23)31-27(36)21-7-6-8-22(18-21)35(38)39/h4-12,17-18H,13-16,19H2,1-3H3,(H,31,36). The van der Waals surface area contributed by atoms with Gasteiger partial charge in [0.2, 0.25) is 5.89 Å². The van der Waals surface area contributed by atoms with Gasteiger partial charge >= 0.3 is 6.09 Å². The number of nitro benzene ring substituents is 1. The van der Waals surface area contributed by atoms with Gasteiger partial charge in [0.05, 0.1) is 16.2 Å². The van der Waals surface area contributed by atoms with E-state index in [0.717, 1.165) is 18.7 Å². The van der Waals surface area contributed by atoms with Gasteiger partial charge in [0.25, 0.3) is 11.6 Å². The van der Waals surface area contributed by atoms with E-state index in [0.29, 0.717) is 47.9 Å². The summed E-state index contributed by atoms with van der Waals surface area (Å²) in [5, 5.41) is 13.9.